The molecule has 0 bridgehead atoms. The van der Waals surface area contributed by atoms with Gasteiger partial charge in [0.1, 0.15) is 5.75 Å². The quantitative estimate of drug-likeness (QED) is 0.226. The van der Waals surface area contributed by atoms with E-state index in [1.807, 2.05) is 36.4 Å². The number of furan rings is 1. The summed E-state index contributed by atoms with van der Waals surface area (Å²) in [5.74, 6) is 0.143. The van der Waals surface area contributed by atoms with Crippen LogP contribution in [0.15, 0.2) is 112 Å². The van der Waals surface area contributed by atoms with Crippen LogP contribution in [0.3, 0.4) is 0 Å². The van der Waals surface area contributed by atoms with Gasteiger partial charge in [0, 0.05) is 11.1 Å². The van der Waals surface area contributed by atoms with E-state index >= 15 is 0 Å². The SMILES string of the molecule is O=C(Oc1ccccc1C=Nn1c(-c2ccccc2)nc2ccccc2c1=O)c1ccco1. The lowest BCUT2D eigenvalue weighted by molar-refractivity contribution is 0.0701. The standard InChI is InChI=1S/C26H17N3O4/c30-25-20-12-5-6-13-21(20)28-24(18-9-2-1-3-10-18)29(25)27-17-19-11-4-7-14-22(19)33-26(31)23-15-8-16-32-23/h1-17H. The number of hydrogen-bond acceptors (Lipinski definition) is 6. The number of benzene rings is 3. The Morgan fingerprint density at radius 2 is 1.67 bits per heavy atom. The molecule has 0 amide bonds. The molecule has 3 aromatic carbocycles. The van der Waals surface area contributed by atoms with Crippen molar-refractivity contribution in [2.45, 2.75) is 0 Å². The van der Waals surface area contributed by atoms with E-state index in [2.05, 4.69) is 10.1 Å². The number of ether oxygens (including phenoxy) is 1. The maximum Gasteiger partial charge on any atom is 0.379 e. The van der Waals surface area contributed by atoms with Crippen LogP contribution in [0.2, 0.25) is 0 Å². The first-order chi connectivity index (χ1) is 16.2. The number of esters is 1. The molecule has 2 aromatic heterocycles. The van der Waals surface area contributed by atoms with Crippen molar-refractivity contribution in [3.63, 3.8) is 0 Å². The van der Waals surface area contributed by atoms with Crippen molar-refractivity contribution in [2.75, 3.05) is 0 Å². The summed E-state index contributed by atoms with van der Waals surface area (Å²) in [6.07, 6.45) is 2.86. The van der Waals surface area contributed by atoms with Crippen molar-refractivity contribution in [2.24, 2.45) is 5.10 Å². The minimum Gasteiger partial charge on any atom is -0.457 e. The lowest BCUT2D eigenvalue weighted by Gasteiger charge is -2.10. The number of carbonyl (C=O) groups excluding carboxylic acids is 1. The number of fused-ring (bicyclic) bond motifs is 1. The molecule has 5 aromatic rings. The Hall–Kier alpha value is -4.78. The lowest BCUT2D eigenvalue weighted by atomic mass is 10.2. The van der Waals surface area contributed by atoms with E-state index in [9.17, 15) is 9.59 Å². The van der Waals surface area contributed by atoms with Gasteiger partial charge in [-0.3, -0.25) is 4.79 Å². The van der Waals surface area contributed by atoms with E-state index in [-0.39, 0.29) is 17.1 Å². The molecule has 0 spiro atoms. The molecule has 7 nitrogen and oxygen atoms in total. The number of carbonyl (C=O) groups is 1. The molecule has 33 heavy (non-hydrogen) atoms. The molecule has 0 radical (unpaired) electrons. The summed E-state index contributed by atoms with van der Waals surface area (Å²) in [4.78, 5) is 30.3. The van der Waals surface area contributed by atoms with Gasteiger partial charge in [0.2, 0.25) is 5.76 Å². The number of nitrogens with zero attached hydrogens (tertiary/aromatic N) is 3. The Balaban J connectivity index is 1.59. The topological polar surface area (TPSA) is 86.7 Å². The van der Waals surface area contributed by atoms with E-state index < -0.39 is 5.97 Å². The summed E-state index contributed by atoms with van der Waals surface area (Å²) in [5, 5.41) is 4.89. The highest BCUT2D eigenvalue weighted by atomic mass is 16.5. The number of para-hydroxylation sites is 2. The highest BCUT2D eigenvalue weighted by Gasteiger charge is 2.15. The van der Waals surface area contributed by atoms with Gasteiger partial charge in [-0.15, -0.1) is 0 Å². The first-order valence-corrected chi connectivity index (χ1v) is 10.2. The second kappa shape index (κ2) is 8.76. The third-order valence-electron chi connectivity index (χ3n) is 4.94. The maximum atomic E-state index is 13.3. The van der Waals surface area contributed by atoms with Crippen LogP contribution in [0.25, 0.3) is 22.3 Å². The zero-order valence-corrected chi connectivity index (χ0v) is 17.3. The zero-order valence-electron chi connectivity index (χ0n) is 17.3. The maximum absolute atomic E-state index is 13.3. The molecule has 0 unspecified atom stereocenters. The van der Waals surface area contributed by atoms with Gasteiger partial charge in [-0.2, -0.15) is 9.78 Å². The molecule has 0 aliphatic carbocycles. The second-order valence-electron chi connectivity index (χ2n) is 7.08. The fourth-order valence-electron chi connectivity index (χ4n) is 3.35. The molecule has 0 aliphatic heterocycles. The number of rotatable bonds is 5. The Bertz CT molecular complexity index is 1520. The number of hydrogen-bond donors (Lipinski definition) is 0. The van der Waals surface area contributed by atoms with Crippen LogP contribution < -0.4 is 10.3 Å². The monoisotopic (exact) mass is 435 g/mol. The summed E-state index contributed by atoms with van der Waals surface area (Å²) >= 11 is 0. The zero-order chi connectivity index (χ0) is 22.6. The van der Waals surface area contributed by atoms with Crippen molar-refractivity contribution >= 4 is 23.1 Å². The normalized spacial score (nSPS) is 11.2. The molecular formula is C26H17N3O4. The van der Waals surface area contributed by atoms with Gasteiger partial charge >= 0.3 is 5.97 Å². The van der Waals surface area contributed by atoms with Gasteiger partial charge in [0.15, 0.2) is 5.82 Å². The van der Waals surface area contributed by atoms with Gasteiger partial charge < -0.3 is 9.15 Å². The molecule has 0 atom stereocenters. The largest absolute Gasteiger partial charge is 0.457 e. The molecule has 160 valence electrons. The summed E-state index contributed by atoms with van der Waals surface area (Å²) < 4.78 is 11.8. The molecule has 0 aliphatic rings. The van der Waals surface area contributed by atoms with Crippen LogP contribution in [0.4, 0.5) is 0 Å². The third kappa shape index (κ3) is 4.07. The van der Waals surface area contributed by atoms with Crippen molar-refractivity contribution in [3.8, 4) is 17.1 Å². The van der Waals surface area contributed by atoms with Gasteiger partial charge in [0.05, 0.1) is 23.4 Å². The summed E-state index contributed by atoms with van der Waals surface area (Å²) in [7, 11) is 0. The lowest BCUT2D eigenvalue weighted by Crippen LogP contribution is -2.20. The van der Waals surface area contributed by atoms with E-state index in [0.717, 1.165) is 5.56 Å². The van der Waals surface area contributed by atoms with Crippen molar-refractivity contribution in [3.05, 3.63) is 119 Å². The van der Waals surface area contributed by atoms with Crippen LogP contribution in [0.1, 0.15) is 16.1 Å². The highest BCUT2D eigenvalue weighted by molar-refractivity contribution is 5.91. The summed E-state index contributed by atoms with van der Waals surface area (Å²) in [6, 6.07) is 26.5. The van der Waals surface area contributed by atoms with Gasteiger partial charge in [-0.05, 0) is 36.4 Å². The highest BCUT2D eigenvalue weighted by Crippen LogP contribution is 2.20. The van der Waals surface area contributed by atoms with Crippen LogP contribution in [-0.2, 0) is 0 Å². The molecule has 0 saturated heterocycles. The van der Waals surface area contributed by atoms with Crippen molar-refractivity contribution in [1.82, 2.24) is 9.66 Å². The Morgan fingerprint density at radius 3 is 2.48 bits per heavy atom. The number of aromatic nitrogens is 2. The predicted molar refractivity (Wildman–Crippen MR) is 125 cm³/mol. The average Bonchev–Trinajstić information content (AvgIpc) is 3.40. The fraction of sp³-hybridized carbons (Fsp3) is 0. The molecule has 0 N–H and O–H groups in total. The Morgan fingerprint density at radius 1 is 0.909 bits per heavy atom. The van der Waals surface area contributed by atoms with Gasteiger partial charge in [0.25, 0.3) is 5.56 Å². The van der Waals surface area contributed by atoms with Crippen LogP contribution in [-0.4, -0.2) is 21.8 Å². The Kier molecular flexibility index (Phi) is 5.35. The van der Waals surface area contributed by atoms with E-state index in [1.165, 1.54) is 23.2 Å². The fourth-order valence-corrected chi connectivity index (χ4v) is 3.35. The van der Waals surface area contributed by atoms with Crippen LogP contribution in [0, 0.1) is 0 Å². The molecule has 0 saturated carbocycles. The van der Waals surface area contributed by atoms with E-state index in [4.69, 9.17) is 9.15 Å². The first kappa shape index (κ1) is 20.1. The van der Waals surface area contributed by atoms with Gasteiger partial charge in [-0.25, -0.2) is 9.78 Å². The predicted octanol–water partition coefficient (Wildman–Crippen LogP) is 4.76. The van der Waals surface area contributed by atoms with E-state index in [0.29, 0.717) is 22.3 Å². The minimum atomic E-state index is -0.629. The Labute approximate surface area is 188 Å². The summed E-state index contributed by atoms with van der Waals surface area (Å²) in [5.41, 5.74) is 1.54. The van der Waals surface area contributed by atoms with Crippen molar-refractivity contribution in [1.29, 1.82) is 0 Å². The van der Waals surface area contributed by atoms with Crippen molar-refractivity contribution < 1.29 is 13.9 Å². The summed E-state index contributed by atoms with van der Waals surface area (Å²) in [6.45, 7) is 0. The van der Waals surface area contributed by atoms with Gasteiger partial charge in [-0.1, -0.05) is 54.6 Å². The molecular weight excluding hydrogens is 418 g/mol. The second-order valence-corrected chi connectivity index (χ2v) is 7.08. The first-order valence-electron chi connectivity index (χ1n) is 10.2. The van der Waals surface area contributed by atoms with Crippen LogP contribution >= 0.6 is 0 Å². The molecule has 7 heteroatoms. The molecule has 2 heterocycles. The smallest absolute Gasteiger partial charge is 0.379 e. The van der Waals surface area contributed by atoms with E-state index in [1.54, 1.807) is 48.5 Å². The average molecular weight is 435 g/mol. The molecule has 0 fully saturated rings. The molecule has 5 rings (SSSR count). The minimum absolute atomic E-state index is 0.0862. The third-order valence-corrected chi connectivity index (χ3v) is 4.94. The van der Waals surface area contributed by atoms with Crippen LogP contribution in [0.5, 0.6) is 5.75 Å².